The van der Waals surface area contributed by atoms with Gasteiger partial charge in [0.2, 0.25) is 0 Å². The monoisotopic (exact) mass is 679 g/mol. The predicted octanol–water partition coefficient (Wildman–Crippen LogP) is 0.684. The van der Waals surface area contributed by atoms with Gasteiger partial charge in [-0.25, -0.2) is 28.6 Å². The summed E-state index contributed by atoms with van der Waals surface area (Å²) in [6, 6.07) is 4.94. The summed E-state index contributed by atoms with van der Waals surface area (Å²) < 4.78 is 60.8. The van der Waals surface area contributed by atoms with E-state index in [-0.39, 0.29) is 52.1 Å². The minimum Gasteiger partial charge on any atom is -0.387 e. The van der Waals surface area contributed by atoms with Crippen molar-refractivity contribution in [1.29, 1.82) is 0 Å². The molecule has 4 rings (SSSR count). The average Bonchev–Trinajstić information content (AvgIpc) is 3.42. The van der Waals surface area contributed by atoms with E-state index in [0.717, 1.165) is 19.3 Å². The molecule has 43 heavy (non-hydrogen) atoms. The molecule has 0 amide bonds. The van der Waals surface area contributed by atoms with Crippen LogP contribution in [0.4, 0.5) is 11.5 Å². The second kappa shape index (κ2) is 13.7. The summed E-state index contributed by atoms with van der Waals surface area (Å²) in [7, 11) is -17.0. The Labute approximate surface area is 262 Å². The van der Waals surface area contributed by atoms with Gasteiger partial charge in [0.15, 0.2) is 17.7 Å². The van der Waals surface area contributed by atoms with Crippen molar-refractivity contribution in [3.8, 4) is 0 Å². The normalized spacial score (nSPS) is 25.3. The zero-order valence-electron chi connectivity index (χ0n) is 22.0. The van der Waals surface area contributed by atoms with Crippen LogP contribution in [-0.4, -0.2) is 104 Å². The van der Waals surface area contributed by atoms with Crippen molar-refractivity contribution < 1.29 is 65.9 Å². The Bertz CT molecular complexity index is 1630. The van der Waals surface area contributed by atoms with E-state index in [2.05, 4.69) is 32.6 Å². The van der Waals surface area contributed by atoms with Crippen LogP contribution in [0.1, 0.15) is 24.8 Å². The number of aliphatic hydroxyl groups excluding tert-OH is 2. The number of nitrogens with zero attached hydrogens (tertiary/aromatic N) is 5. The van der Waals surface area contributed by atoms with Crippen LogP contribution in [0.15, 0.2) is 36.9 Å². The minimum absolute atomic E-state index is 0. The number of anilines is 1. The molecule has 1 radical (unpaired) electrons. The number of nitrogen functional groups attached to an aromatic ring is 1. The second-order valence-corrected chi connectivity index (χ2v) is 13.1. The summed E-state index contributed by atoms with van der Waals surface area (Å²) in [5.41, 5.74) is 5.32. The van der Waals surface area contributed by atoms with Crippen LogP contribution >= 0.6 is 23.5 Å². The predicted molar refractivity (Wildman–Crippen MR) is 142 cm³/mol. The van der Waals surface area contributed by atoms with Gasteiger partial charge < -0.3 is 35.4 Å². The number of phosphoric acid groups is 3. The molecule has 8 atom stereocenters. The van der Waals surface area contributed by atoms with Gasteiger partial charge in [-0.15, -0.1) is 0 Å². The summed E-state index contributed by atoms with van der Waals surface area (Å²) in [5.74, 6) is 0.0225. The van der Waals surface area contributed by atoms with E-state index in [0.29, 0.717) is 0 Å². The number of aromatic nitrogens is 4. The molecule has 0 bridgehead atoms. The number of nitrogens with two attached hydrogens (primary N) is 1. The number of hydrogen-bond acceptors (Lipinski definition) is 16. The van der Waals surface area contributed by atoms with E-state index in [1.165, 1.54) is 29.1 Å². The molecule has 3 aromatic rings. The van der Waals surface area contributed by atoms with Crippen molar-refractivity contribution in [2.45, 2.75) is 37.6 Å². The van der Waals surface area contributed by atoms with E-state index < -0.39 is 71.3 Å². The molecule has 1 aromatic carbocycles. The van der Waals surface area contributed by atoms with Crippen LogP contribution in [-0.2, 0) is 36.1 Å². The number of imidazole rings is 1. The van der Waals surface area contributed by atoms with Crippen LogP contribution in [0, 0.1) is 10.1 Å². The van der Waals surface area contributed by atoms with Crippen LogP contribution in [0.5, 0.6) is 0 Å². The Morgan fingerprint density at radius 3 is 2.40 bits per heavy atom. The Morgan fingerprint density at radius 2 is 1.72 bits per heavy atom. The third-order valence-corrected chi connectivity index (χ3v) is 10.0. The Kier molecular flexibility index (Phi) is 11.4. The molecule has 7 N–H and O–H groups in total. The van der Waals surface area contributed by atoms with E-state index in [9.17, 15) is 48.7 Å². The molecule has 231 valence electrons. The first-order valence-corrected chi connectivity index (χ1v) is 15.9. The molecule has 21 nitrogen and oxygen atoms in total. The van der Waals surface area contributed by atoms with Gasteiger partial charge in [0, 0.05) is 35.6 Å². The Hall–Kier alpha value is -1.74. The molecule has 0 saturated carbocycles. The molecule has 1 aliphatic heterocycles. The zero-order valence-corrected chi connectivity index (χ0v) is 26.7. The van der Waals surface area contributed by atoms with Gasteiger partial charge in [-0.3, -0.25) is 23.7 Å². The standard InChI is InChI=1S/C18H23N6O15P3.Na/c1-9(10-4-2-3-5-11(10)24(27)28)37-41(31,32)39-42(33,34)38-40(29,30)35-6-12-14(25)15(26)18(36-12)23-8-22-13-16(19)20-7-21-17(13)23;/h2-5,7-9,12,14-15,18,25-26H,6H2,1H3,(H,29,30)(H,31,32)(H,33,34)(H2,19,20,21);/t9?,12-,14-,15-,18-;/m1./s1. The first-order chi connectivity index (χ1) is 19.5. The molecule has 3 heterocycles. The number of para-hydroxylation sites is 1. The van der Waals surface area contributed by atoms with Crippen molar-refractivity contribution in [2.24, 2.45) is 0 Å². The number of phosphoric ester groups is 2. The molecule has 1 saturated heterocycles. The summed E-state index contributed by atoms with van der Waals surface area (Å²) in [4.78, 5) is 51.7. The fraction of sp³-hybridized carbons (Fsp3) is 0.389. The third kappa shape index (κ3) is 8.50. The third-order valence-electron chi connectivity index (χ3n) is 5.68. The molecule has 2 aromatic heterocycles. The SMILES string of the molecule is CC(OP(=O)(O)OP(=O)(O)OP(=O)(O)OC[C@H]1O[C@@H](n2cnc3c(N)ncnc32)[C@H](O)[C@@H]1O)c1ccccc1[N+](=O)[O-].[Na]. The van der Waals surface area contributed by atoms with E-state index in [1.807, 2.05) is 0 Å². The minimum atomic E-state index is -5.89. The van der Waals surface area contributed by atoms with Crippen molar-refractivity contribution in [3.05, 3.63) is 52.6 Å². The first-order valence-electron chi connectivity index (χ1n) is 11.4. The number of hydrogen-bond donors (Lipinski definition) is 6. The fourth-order valence-electron chi connectivity index (χ4n) is 3.89. The van der Waals surface area contributed by atoms with E-state index in [4.69, 9.17) is 10.5 Å². The van der Waals surface area contributed by atoms with Crippen molar-refractivity contribution >= 4 is 75.7 Å². The number of nitro benzene ring substituents is 1. The number of fused-ring (bicyclic) bond motifs is 1. The topological polar surface area (TPSA) is 311 Å². The van der Waals surface area contributed by atoms with Crippen molar-refractivity contribution in [2.75, 3.05) is 12.3 Å². The number of benzene rings is 1. The van der Waals surface area contributed by atoms with Gasteiger partial charge >= 0.3 is 23.5 Å². The maximum absolute atomic E-state index is 12.3. The molecule has 4 unspecified atom stereocenters. The van der Waals surface area contributed by atoms with Crippen LogP contribution in [0.3, 0.4) is 0 Å². The summed E-state index contributed by atoms with van der Waals surface area (Å²) >= 11 is 0. The summed E-state index contributed by atoms with van der Waals surface area (Å²) in [6.07, 6.45) is -5.44. The smallest absolute Gasteiger partial charge is 0.387 e. The van der Waals surface area contributed by atoms with Crippen LogP contribution in [0.2, 0.25) is 0 Å². The van der Waals surface area contributed by atoms with Gasteiger partial charge in [-0.05, 0) is 13.0 Å². The number of nitro groups is 1. The molecule has 25 heteroatoms. The zero-order chi connectivity index (χ0) is 31.0. The summed E-state index contributed by atoms with van der Waals surface area (Å²) in [5, 5.41) is 32.0. The van der Waals surface area contributed by atoms with E-state index >= 15 is 0 Å². The van der Waals surface area contributed by atoms with Crippen molar-refractivity contribution in [3.63, 3.8) is 0 Å². The van der Waals surface area contributed by atoms with Gasteiger partial charge in [0.25, 0.3) is 5.69 Å². The Balaban J connectivity index is 0.00000506. The van der Waals surface area contributed by atoms with E-state index in [1.54, 1.807) is 0 Å². The molecule has 0 spiro atoms. The number of ether oxygens (including phenoxy) is 1. The molecule has 0 aliphatic carbocycles. The Morgan fingerprint density at radius 1 is 1.07 bits per heavy atom. The number of aliphatic hydroxyl groups is 2. The van der Waals surface area contributed by atoms with Gasteiger partial charge in [-0.1, -0.05) is 12.1 Å². The molecule has 1 aliphatic rings. The van der Waals surface area contributed by atoms with Crippen molar-refractivity contribution in [1.82, 2.24) is 19.5 Å². The summed E-state index contributed by atoms with van der Waals surface area (Å²) in [6.45, 7) is 0.0924. The quantitative estimate of drug-likeness (QED) is 0.0663. The average molecular weight is 679 g/mol. The van der Waals surface area contributed by atoms with Gasteiger partial charge in [0.1, 0.15) is 30.2 Å². The largest absolute Gasteiger partial charge is 0.490 e. The van der Waals surface area contributed by atoms with Crippen LogP contribution in [0.25, 0.3) is 11.2 Å². The second-order valence-electron chi connectivity index (χ2n) is 8.56. The maximum Gasteiger partial charge on any atom is 0.490 e. The molecular formula is C18H23N6NaO15P3. The van der Waals surface area contributed by atoms with Gasteiger partial charge in [0.05, 0.1) is 29.5 Å². The fourth-order valence-corrected chi connectivity index (χ4v) is 7.56. The molecular weight excluding hydrogens is 656 g/mol. The van der Waals surface area contributed by atoms with Crippen LogP contribution < -0.4 is 5.73 Å². The first kappa shape index (κ1) is 35.7. The van der Waals surface area contributed by atoms with Gasteiger partial charge in [-0.2, -0.15) is 8.62 Å². The number of rotatable bonds is 12. The molecule has 1 fully saturated rings. The maximum atomic E-state index is 12.3.